The Labute approximate surface area is 81.5 Å². The van der Waals surface area contributed by atoms with E-state index in [-0.39, 0.29) is 23.2 Å². The van der Waals surface area contributed by atoms with Crippen molar-refractivity contribution in [3.8, 4) is 5.88 Å². The summed E-state index contributed by atoms with van der Waals surface area (Å²) in [6.45, 7) is 3.66. The molecule has 5 heteroatoms. The van der Waals surface area contributed by atoms with Crippen molar-refractivity contribution in [2.45, 2.75) is 20.0 Å². The zero-order chi connectivity index (χ0) is 10.7. The molecule has 0 bridgehead atoms. The van der Waals surface area contributed by atoms with E-state index in [0.29, 0.717) is 0 Å². The van der Waals surface area contributed by atoms with Crippen LogP contribution in [0.3, 0.4) is 0 Å². The fraction of sp³-hybridized carbons (Fsp3) is 0.333. The number of carbonyl (C=O) groups is 1. The van der Waals surface area contributed by atoms with Gasteiger partial charge in [0, 0.05) is 6.07 Å². The summed E-state index contributed by atoms with van der Waals surface area (Å²) in [4.78, 5) is 14.5. The first-order chi connectivity index (χ1) is 6.50. The zero-order valence-corrected chi connectivity index (χ0v) is 8.02. The van der Waals surface area contributed by atoms with Gasteiger partial charge in [-0.05, 0) is 13.8 Å². The topological polar surface area (TPSA) is 85.4 Å². The van der Waals surface area contributed by atoms with Crippen LogP contribution in [0.2, 0.25) is 0 Å². The molecule has 1 rings (SSSR count). The van der Waals surface area contributed by atoms with Gasteiger partial charge in [0.1, 0.15) is 0 Å². The number of nitrogens with zero attached hydrogens (tertiary/aromatic N) is 1. The summed E-state index contributed by atoms with van der Waals surface area (Å²) in [7, 11) is 0. The van der Waals surface area contributed by atoms with Gasteiger partial charge in [0.15, 0.2) is 0 Å². The van der Waals surface area contributed by atoms with Gasteiger partial charge in [-0.25, -0.2) is 9.78 Å². The lowest BCUT2D eigenvalue weighted by atomic mass is 10.2. The SMILES string of the molecule is CC(C)Oc1cc(C(=O)O)c(N)cn1. The predicted molar refractivity (Wildman–Crippen MR) is 51.4 cm³/mol. The van der Waals surface area contributed by atoms with Crippen molar-refractivity contribution in [2.24, 2.45) is 0 Å². The molecule has 0 aliphatic heterocycles. The highest BCUT2D eigenvalue weighted by Gasteiger charge is 2.10. The molecule has 1 aromatic rings. The molecule has 0 atom stereocenters. The number of pyridine rings is 1. The lowest BCUT2D eigenvalue weighted by Crippen LogP contribution is -2.09. The smallest absolute Gasteiger partial charge is 0.338 e. The molecule has 1 aromatic heterocycles. The van der Waals surface area contributed by atoms with Crippen LogP contribution in [0.15, 0.2) is 12.3 Å². The zero-order valence-electron chi connectivity index (χ0n) is 8.02. The van der Waals surface area contributed by atoms with E-state index in [1.54, 1.807) is 0 Å². The molecule has 1 heterocycles. The number of aromatic carboxylic acids is 1. The van der Waals surface area contributed by atoms with Crippen molar-refractivity contribution in [2.75, 3.05) is 5.73 Å². The van der Waals surface area contributed by atoms with Crippen molar-refractivity contribution in [3.05, 3.63) is 17.8 Å². The van der Waals surface area contributed by atoms with Crippen LogP contribution < -0.4 is 10.5 Å². The van der Waals surface area contributed by atoms with Crippen LogP contribution >= 0.6 is 0 Å². The molecule has 14 heavy (non-hydrogen) atoms. The van der Waals surface area contributed by atoms with E-state index in [4.69, 9.17) is 15.6 Å². The van der Waals surface area contributed by atoms with Crippen molar-refractivity contribution >= 4 is 11.7 Å². The van der Waals surface area contributed by atoms with Crippen molar-refractivity contribution in [3.63, 3.8) is 0 Å². The molecular formula is C9H12N2O3. The Hall–Kier alpha value is -1.78. The normalized spacial score (nSPS) is 10.2. The molecular weight excluding hydrogens is 184 g/mol. The predicted octanol–water partition coefficient (Wildman–Crippen LogP) is 1.15. The van der Waals surface area contributed by atoms with E-state index in [1.165, 1.54) is 12.3 Å². The van der Waals surface area contributed by atoms with Crippen molar-refractivity contribution < 1.29 is 14.6 Å². The highest BCUT2D eigenvalue weighted by molar-refractivity contribution is 5.93. The molecule has 0 aromatic carbocycles. The summed E-state index contributed by atoms with van der Waals surface area (Å²) in [5, 5.41) is 8.76. The maximum absolute atomic E-state index is 10.7. The van der Waals surface area contributed by atoms with Crippen LogP contribution in [0.25, 0.3) is 0 Å². The maximum Gasteiger partial charge on any atom is 0.338 e. The van der Waals surface area contributed by atoms with Gasteiger partial charge >= 0.3 is 5.97 Å². The van der Waals surface area contributed by atoms with Crippen LogP contribution in [0, 0.1) is 0 Å². The maximum atomic E-state index is 10.7. The van der Waals surface area contributed by atoms with Crippen LogP contribution in [0.1, 0.15) is 24.2 Å². The quantitative estimate of drug-likeness (QED) is 0.757. The number of ether oxygens (including phenoxy) is 1. The molecule has 0 amide bonds. The summed E-state index contributed by atoms with van der Waals surface area (Å²) in [5.74, 6) is -0.815. The Balaban J connectivity index is 3.00. The van der Waals surface area contributed by atoms with Gasteiger partial charge in [-0.3, -0.25) is 0 Å². The molecule has 0 fully saturated rings. The minimum Gasteiger partial charge on any atom is -0.478 e. The van der Waals surface area contributed by atoms with Crippen LogP contribution in [0.4, 0.5) is 5.69 Å². The lowest BCUT2D eigenvalue weighted by molar-refractivity contribution is 0.0697. The van der Waals surface area contributed by atoms with E-state index >= 15 is 0 Å². The summed E-state index contributed by atoms with van der Waals surface area (Å²) < 4.78 is 5.23. The first-order valence-corrected chi connectivity index (χ1v) is 4.16. The molecule has 3 N–H and O–H groups in total. The highest BCUT2D eigenvalue weighted by atomic mass is 16.5. The van der Waals surface area contributed by atoms with Gasteiger partial charge in [0.25, 0.3) is 0 Å². The lowest BCUT2D eigenvalue weighted by Gasteiger charge is -2.09. The van der Waals surface area contributed by atoms with E-state index < -0.39 is 5.97 Å². The van der Waals surface area contributed by atoms with E-state index in [1.807, 2.05) is 13.8 Å². The van der Waals surface area contributed by atoms with Crippen molar-refractivity contribution in [1.29, 1.82) is 0 Å². The highest BCUT2D eigenvalue weighted by Crippen LogP contribution is 2.17. The Kier molecular flexibility index (Phi) is 2.91. The molecule has 0 saturated heterocycles. The average molecular weight is 196 g/mol. The summed E-state index contributed by atoms with van der Waals surface area (Å²) in [5.41, 5.74) is 5.57. The number of carboxylic acid groups (broad SMARTS) is 1. The second-order valence-electron chi connectivity index (χ2n) is 3.08. The third-order valence-corrected chi connectivity index (χ3v) is 1.50. The Morgan fingerprint density at radius 3 is 2.79 bits per heavy atom. The number of nitrogens with two attached hydrogens (primary N) is 1. The van der Waals surface area contributed by atoms with E-state index in [0.717, 1.165) is 0 Å². The number of anilines is 1. The Morgan fingerprint density at radius 2 is 2.29 bits per heavy atom. The third kappa shape index (κ3) is 2.35. The molecule has 0 unspecified atom stereocenters. The van der Waals surface area contributed by atoms with Gasteiger partial charge < -0.3 is 15.6 Å². The van der Waals surface area contributed by atoms with Gasteiger partial charge in [0.05, 0.1) is 23.6 Å². The number of rotatable bonds is 3. The summed E-state index contributed by atoms with van der Waals surface area (Å²) in [6, 6.07) is 1.32. The average Bonchev–Trinajstić information content (AvgIpc) is 2.07. The van der Waals surface area contributed by atoms with Gasteiger partial charge in [-0.1, -0.05) is 0 Å². The minimum atomic E-state index is -1.08. The molecule has 0 aliphatic carbocycles. The largest absolute Gasteiger partial charge is 0.478 e. The van der Waals surface area contributed by atoms with E-state index in [9.17, 15) is 4.79 Å². The molecule has 0 aliphatic rings. The fourth-order valence-electron chi connectivity index (χ4n) is 0.938. The summed E-state index contributed by atoms with van der Waals surface area (Å²) >= 11 is 0. The second kappa shape index (κ2) is 3.95. The third-order valence-electron chi connectivity index (χ3n) is 1.50. The number of hydrogen-bond donors (Lipinski definition) is 2. The van der Waals surface area contributed by atoms with Crippen LogP contribution in [-0.4, -0.2) is 22.2 Å². The molecule has 76 valence electrons. The molecule has 0 saturated carbocycles. The number of carboxylic acids is 1. The Bertz CT molecular complexity index is 350. The van der Waals surface area contributed by atoms with Crippen LogP contribution in [-0.2, 0) is 0 Å². The minimum absolute atomic E-state index is 0.00986. The summed E-state index contributed by atoms with van der Waals surface area (Å²) in [6.07, 6.45) is 1.23. The van der Waals surface area contributed by atoms with Gasteiger partial charge in [-0.2, -0.15) is 0 Å². The Morgan fingerprint density at radius 1 is 1.64 bits per heavy atom. The van der Waals surface area contributed by atoms with Crippen molar-refractivity contribution in [1.82, 2.24) is 4.98 Å². The monoisotopic (exact) mass is 196 g/mol. The van der Waals surface area contributed by atoms with Gasteiger partial charge in [-0.15, -0.1) is 0 Å². The fourth-order valence-corrected chi connectivity index (χ4v) is 0.938. The number of hydrogen-bond acceptors (Lipinski definition) is 4. The number of aromatic nitrogens is 1. The van der Waals surface area contributed by atoms with Gasteiger partial charge in [0.2, 0.25) is 5.88 Å². The standard InChI is InChI=1S/C9H12N2O3/c1-5(2)14-8-3-6(9(12)13)7(10)4-11-8/h3-5H,10H2,1-2H3,(H,12,13). The second-order valence-corrected chi connectivity index (χ2v) is 3.08. The van der Waals surface area contributed by atoms with Crippen LogP contribution in [0.5, 0.6) is 5.88 Å². The van der Waals surface area contributed by atoms with E-state index in [2.05, 4.69) is 4.98 Å². The first kappa shape index (κ1) is 10.3. The number of nitrogen functional groups attached to an aromatic ring is 1. The molecule has 0 spiro atoms. The molecule has 0 radical (unpaired) electrons. The first-order valence-electron chi connectivity index (χ1n) is 4.16. The molecule has 5 nitrogen and oxygen atoms in total.